The van der Waals surface area contributed by atoms with E-state index in [4.69, 9.17) is 18.9 Å². The number of ether oxygens (including phenoxy) is 4. The van der Waals surface area contributed by atoms with Crippen LogP contribution in [-0.2, 0) is 9.47 Å². The summed E-state index contributed by atoms with van der Waals surface area (Å²) in [6.07, 6.45) is -4.57. The topological polar surface area (TPSA) is 36.9 Å². The Kier molecular flexibility index (Phi) is 7.74. The second-order valence-corrected chi connectivity index (χ2v) is 15.8. The van der Waals surface area contributed by atoms with Crippen molar-refractivity contribution in [2.75, 3.05) is 0 Å². The molecule has 2 aliphatic heterocycles. The molecule has 1 unspecified atom stereocenters. The summed E-state index contributed by atoms with van der Waals surface area (Å²) < 4.78 is 80.7. The van der Waals surface area contributed by atoms with Gasteiger partial charge in [0.25, 0.3) is 0 Å². The predicted octanol–water partition coefficient (Wildman–Crippen LogP) is 7.73. The van der Waals surface area contributed by atoms with Crippen molar-refractivity contribution in [1.29, 1.82) is 0 Å². The van der Waals surface area contributed by atoms with Crippen LogP contribution in [0.4, 0.5) is 17.6 Å². The quantitative estimate of drug-likeness (QED) is 0.130. The minimum absolute atomic E-state index is 0.142. The van der Waals surface area contributed by atoms with Gasteiger partial charge in [0.1, 0.15) is 0 Å². The van der Waals surface area contributed by atoms with E-state index in [1.165, 1.54) is 12.1 Å². The van der Waals surface area contributed by atoms with Gasteiger partial charge in [0.05, 0.1) is 5.92 Å². The molecule has 5 aromatic rings. The van der Waals surface area contributed by atoms with Crippen LogP contribution in [-0.4, -0.2) is 18.2 Å². The van der Waals surface area contributed by atoms with E-state index < -0.39 is 40.0 Å². The molecule has 0 fully saturated rings. The molecule has 0 N–H and O–H groups in total. The van der Waals surface area contributed by atoms with Crippen molar-refractivity contribution in [3.8, 4) is 11.5 Å². The number of benzene rings is 5. The fourth-order valence-electron chi connectivity index (χ4n) is 6.47. The Balaban J connectivity index is 1.42. The maximum atomic E-state index is 15.0. The summed E-state index contributed by atoms with van der Waals surface area (Å²) in [7, 11) is -2.76. The van der Waals surface area contributed by atoms with Gasteiger partial charge in [0.15, 0.2) is 23.0 Å². The van der Waals surface area contributed by atoms with Crippen molar-refractivity contribution in [3.63, 3.8) is 0 Å². The Labute approximate surface area is 276 Å². The van der Waals surface area contributed by atoms with Crippen LogP contribution in [0.1, 0.15) is 11.5 Å². The van der Waals surface area contributed by atoms with Crippen LogP contribution < -0.4 is 36.0 Å². The second-order valence-electron chi connectivity index (χ2n) is 11.3. The highest BCUT2D eigenvalue weighted by atomic mass is 31.1. The number of fused-ring (bicyclic) bond motifs is 1. The van der Waals surface area contributed by atoms with Crippen molar-refractivity contribution in [3.05, 3.63) is 163 Å². The lowest BCUT2D eigenvalue weighted by Crippen LogP contribution is -2.34. The van der Waals surface area contributed by atoms with Gasteiger partial charge in [0, 0.05) is 11.2 Å². The third-order valence-electron chi connectivity index (χ3n) is 8.30. The molecular formula is C38H26F4O4P2. The van der Waals surface area contributed by atoms with Crippen molar-refractivity contribution >= 4 is 42.4 Å². The van der Waals surface area contributed by atoms with Gasteiger partial charge in [-0.25, -0.2) is 0 Å². The molecule has 10 heteroatoms. The molecule has 48 heavy (non-hydrogen) atoms. The first-order valence-electron chi connectivity index (χ1n) is 15.2. The van der Waals surface area contributed by atoms with Crippen LogP contribution in [0.15, 0.2) is 157 Å². The molecule has 0 saturated heterocycles. The van der Waals surface area contributed by atoms with E-state index in [1.54, 1.807) is 6.07 Å². The number of hydrogen-bond donors (Lipinski definition) is 0. The third kappa shape index (κ3) is 5.63. The van der Waals surface area contributed by atoms with Gasteiger partial charge in [-0.05, 0) is 60.6 Å². The van der Waals surface area contributed by atoms with Crippen LogP contribution in [0.5, 0.6) is 11.5 Å². The van der Waals surface area contributed by atoms with E-state index in [9.17, 15) is 0 Å². The fraction of sp³-hybridized carbons (Fsp3) is 0.105. The van der Waals surface area contributed by atoms with Gasteiger partial charge < -0.3 is 18.9 Å². The van der Waals surface area contributed by atoms with Crippen molar-refractivity contribution in [2.24, 2.45) is 0 Å². The number of alkyl halides is 4. The summed E-state index contributed by atoms with van der Waals surface area (Å²) in [4.78, 5) is 0. The van der Waals surface area contributed by atoms with Crippen LogP contribution >= 0.6 is 15.8 Å². The van der Waals surface area contributed by atoms with Gasteiger partial charge in [0.2, 0.25) is 0 Å². The third-order valence-corrected chi connectivity index (χ3v) is 13.6. The minimum atomic E-state index is -3.96. The van der Waals surface area contributed by atoms with Gasteiger partial charge in [-0.3, -0.25) is 0 Å². The Hall–Kier alpha value is -4.64. The van der Waals surface area contributed by atoms with Crippen LogP contribution in [0.3, 0.4) is 0 Å². The monoisotopic (exact) mass is 684 g/mol. The molecule has 0 radical (unpaired) electrons. The summed E-state index contributed by atoms with van der Waals surface area (Å²) in [6, 6.07) is 42.1. The molecule has 0 spiro atoms. The molecule has 2 atom stereocenters. The molecule has 2 heterocycles. The smallest absolute Gasteiger partial charge is 0.399 e. The second kappa shape index (κ2) is 12.1. The molecule has 3 aliphatic rings. The lowest BCUT2D eigenvalue weighted by molar-refractivity contribution is -0.337. The standard InChI is InChI=1S/C38H26F4O4P2/c39-37(40)43-29-21-23-31(47(25-13-5-1-6-14-25)26-15-7-2-8-16-26)33(35(29)45-37)34-32(24-22-30-36(34)46-38(41,42)44-30)48(27-17-9-3-10-18-27)28-19-11-4-12-20-28/h1-24,31,33H/t31-,33?/m0/s1. The number of allylic oxidation sites excluding steroid dienone is 3. The molecular weight excluding hydrogens is 658 g/mol. The molecule has 5 aromatic carbocycles. The van der Waals surface area contributed by atoms with Crippen LogP contribution in [0.2, 0.25) is 0 Å². The number of hydrogen-bond acceptors (Lipinski definition) is 4. The summed E-state index contributed by atoms with van der Waals surface area (Å²) in [5.74, 6) is -1.71. The normalized spacial score (nSPS) is 20.0. The van der Waals surface area contributed by atoms with E-state index >= 15 is 17.6 Å². The molecule has 240 valence electrons. The van der Waals surface area contributed by atoms with E-state index in [0.717, 1.165) is 21.2 Å². The summed E-state index contributed by atoms with van der Waals surface area (Å²) in [6.45, 7) is 0. The molecule has 1 aliphatic carbocycles. The maximum Gasteiger partial charge on any atom is 0.586 e. The number of halogens is 4. The van der Waals surface area contributed by atoms with Gasteiger partial charge in [-0.15, -0.1) is 17.6 Å². The first kappa shape index (κ1) is 30.7. The average Bonchev–Trinajstić information content (AvgIpc) is 3.60. The van der Waals surface area contributed by atoms with E-state index in [2.05, 4.69) is 0 Å². The maximum absolute atomic E-state index is 15.0. The largest absolute Gasteiger partial charge is 0.586 e. The first-order chi connectivity index (χ1) is 23.3. The number of rotatable bonds is 7. The molecule has 4 nitrogen and oxygen atoms in total. The molecule has 0 amide bonds. The molecule has 0 saturated carbocycles. The Bertz CT molecular complexity index is 1930. The molecule has 8 rings (SSSR count). The first-order valence-corrected chi connectivity index (χ1v) is 17.9. The average molecular weight is 685 g/mol. The summed E-state index contributed by atoms with van der Waals surface area (Å²) in [5, 5.41) is 4.46. The van der Waals surface area contributed by atoms with E-state index in [1.807, 2.05) is 127 Å². The fourth-order valence-corrected chi connectivity index (χ4v) is 11.8. The lowest BCUT2D eigenvalue weighted by atomic mass is 9.88. The van der Waals surface area contributed by atoms with Gasteiger partial charge >= 0.3 is 12.6 Å². The Morgan fingerprint density at radius 3 is 1.56 bits per heavy atom. The molecule has 0 aromatic heterocycles. The van der Waals surface area contributed by atoms with Gasteiger partial charge in [-0.2, -0.15) is 0 Å². The van der Waals surface area contributed by atoms with Crippen molar-refractivity contribution in [1.82, 2.24) is 0 Å². The Morgan fingerprint density at radius 1 is 0.521 bits per heavy atom. The van der Waals surface area contributed by atoms with Crippen molar-refractivity contribution in [2.45, 2.75) is 24.2 Å². The lowest BCUT2D eigenvalue weighted by Gasteiger charge is -2.37. The van der Waals surface area contributed by atoms with E-state index in [0.29, 0.717) is 10.9 Å². The van der Waals surface area contributed by atoms with Gasteiger partial charge in [-0.1, -0.05) is 127 Å². The predicted molar refractivity (Wildman–Crippen MR) is 180 cm³/mol. The van der Waals surface area contributed by atoms with Crippen molar-refractivity contribution < 1.29 is 36.5 Å². The zero-order valence-corrected chi connectivity index (χ0v) is 26.8. The summed E-state index contributed by atoms with van der Waals surface area (Å²) >= 11 is 0. The SMILES string of the molecule is FC1(F)OC2=C(O1)C(c1c(P(c3ccccc3)c3ccccc3)ccc3c1OC(F)(F)O3)[C@@H](P(c1ccccc1)c1ccccc1)C=C2. The Morgan fingerprint density at radius 2 is 1.02 bits per heavy atom. The highest BCUT2D eigenvalue weighted by Gasteiger charge is 2.54. The van der Waals surface area contributed by atoms with Crippen LogP contribution in [0.25, 0.3) is 0 Å². The van der Waals surface area contributed by atoms with Crippen LogP contribution in [0, 0.1) is 0 Å². The highest BCUT2D eigenvalue weighted by molar-refractivity contribution is 7.80. The minimum Gasteiger partial charge on any atom is -0.399 e. The summed E-state index contributed by atoms with van der Waals surface area (Å²) in [5.41, 5.74) is -0.251. The zero-order valence-electron chi connectivity index (χ0n) is 25.1. The highest BCUT2D eigenvalue weighted by Crippen LogP contribution is 2.59. The zero-order chi connectivity index (χ0) is 32.9. The molecule has 0 bridgehead atoms. The van der Waals surface area contributed by atoms with E-state index in [-0.39, 0.29) is 23.0 Å².